The molecule has 78 valence electrons. The molecule has 0 bridgehead atoms. The van der Waals surface area contributed by atoms with Crippen molar-refractivity contribution in [1.82, 2.24) is 0 Å². The normalized spacial score (nSPS) is 6.54. The molecule has 0 fully saturated rings. The number of carboxylic acids is 1. The lowest BCUT2D eigenvalue weighted by molar-refractivity contribution is -0.742. The Labute approximate surface area is 70.2 Å². The summed E-state index contributed by atoms with van der Waals surface area (Å²) in [6.45, 7) is -0.278. The van der Waals surface area contributed by atoms with Gasteiger partial charge < -0.3 is 21.3 Å². The molecule has 0 rings (SSSR count). The molecule has 5 N–H and O–H groups in total. The first-order valence-electron chi connectivity index (χ1n) is 2.32. The third-order valence-electron chi connectivity index (χ3n) is 0.175. The van der Waals surface area contributed by atoms with E-state index >= 15 is 0 Å². The van der Waals surface area contributed by atoms with Crippen molar-refractivity contribution < 1.29 is 30.5 Å². The van der Waals surface area contributed by atoms with Gasteiger partial charge in [0.15, 0.2) is 0 Å². The maximum Gasteiger partial charge on any atom is 0.317 e. The fourth-order valence-electron chi connectivity index (χ4n) is 0. The highest BCUT2D eigenvalue weighted by atomic mass is 16.9. The molecule has 0 amide bonds. The van der Waals surface area contributed by atoms with Crippen LogP contribution < -0.4 is 5.73 Å². The van der Waals surface area contributed by atoms with Crippen LogP contribution in [0.2, 0.25) is 0 Å². The van der Waals surface area contributed by atoms with E-state index in [-0.39, 0.29) is 6.54 Å². The Balaban J connectivity index is -0.000000117. The van der Waals surface area contributed by atoms with Crippen LogP contribution in [0.5, 0.6) is 0 Å². The van der Waals surface area contributed by atoms with Gasteiger partial charge in [-0.1, -0.05) is 0 Å². The first kappa shape index (κ1) is 17.1. The molecular weight excluding hydrogens is 194 g/mol. The van der Waals surface area contributed by atoms with Gasteiger partial charge in [-0.25, -0.2) is 0 Å². The highest BCUT2D eigenvalue weighted by Crippen LogP contribution is 1.43. The van der Waals surface area contributed by atoms with E-state index in [0.29, 0.717) is 0 Å². The van der Waals surface area contributed by atoms with Gasteiger partial charge in [0.05, 0.1) is 6.54 Å². The summed E-state index contributed by atoms with van der Waals surface area (Å²) in [6.07, 6.45) is 0. The average molecular weight is 201 g/mol. The second-order valence-corrected chi connectivity index (χ2v) is 1.07. The Morgan fingerprint density at radius 2 is 1.31 bits per heavy atom. The highest BCUT2D eigenvalue weighted by Gasteiger charge is 1.81. The molecule has 0 saturated carbocycles. The smallest absolute Gasteiger partial charge is 0.317 e. The molecule has 0 radical (unpaired) electrons. The molecule has 0 heterocycles. The number of nitrogens with zero attached hydrogens (tertiary/aromatic N) is 2. The Kier molecular flexibility index (Phi) is 16.4. The lowest BCUT2D eigenvalue weighted by Gasteiger charge is -1.73. The minimum absolute atomic E-state index is 0.278. The van der Waals surface area contributed by atoms with Crippen LogP contribution in [0.3, 0.4) is 0 Å². The molecule has 0 saturated heterocycles. The van der Waals surface area contributed by atoms with E-state index in [2.05, 4.69) is 5.73 Å². The van der Waals surface area contributed by atoms with E-state index < -0.39 is 16.1 Å². The molecule has 0 spiro atoms. The molecule has 0 aliphatic heterocycles. The first-order valence-corrected chi connectivity index (χ1v) is 2.32. The van der Waals surface area contributed by atoms with Crippen molar-refractivity contribution in [3.8, 4) is 0 Å². The molecule has 0 aromatic carbocycles. The van der Waals surface area contributed by atoms with Gasteiger partial charge in [0.2, 0.25) is 0 Å². The average Bonchev–Trinajstić information content (AvgIpc) is 1.84. The Hall–Kier alpha value is -2.17. The molecule has 0 unspecified atom stereocenters. The molecule has 0 atom stereocenters. The van der Waals surface area contributed by atoms with Crippen molar-refractivity contribution in [3.05, 3.63) is 20.2 Å². The zero-order valence-corrected chi connectivity index (χ0v) is 6.06. The Bertz CT molecular complexity index is 147. The van der Waals surface area contributed by atoms with Crippen molar-refractivity contribution in [2.24, 2.45) is 5.73 Å². The van der Waals surface area contributed by atoms with Crippen LogP contribution in [0, 0.1) is 20.2 Å². The third kappa shape index (κ3) is 20900. The van der Waals surface area contributed by atoms with Gasteiger partial charge in [0.1, 0.15) is 0 Å². The number of carbonyl (C=O) groups is 1. The third-order valence-corrected chi connectivity index (χ3v) is 0.175. The molecule has 0 aromatic rings. The van der Waals surface area contributed by atoms with Crippen molar-refractivity contribution in [2.75, 3.05) is 6.54 Å². The van der Waals surface area contributed by atoms with Gasteiger partial charge in [-0.15, -0.1) is 20.2 Å². The number of nitrogens with two attached hydrogens (primary N) is 1. The first-order chi connectivity index (χ1) is 5.73. The number of hydrogen-bond acceptors (Lipinski definition) is 6. The van der Waals surface area contributed by atoms with Gasteiger partial charge >= 0.3 is 5.97 Å². The van der Waals surface area contributed by atoms with E-state index in [1.807, 2.05) is 0 Å². The van der Waals surface area contributed by atoms with E-state index in [0.717, 1.165) is 0 Å². The monoisotopic (exact) mass is 201 g/mol. The van der Waals surface area contributed by atoms with Crippen molar-refractivity contribution in [1.29, 1.82) is 0 Å². The van der Waals surface area contributed by atoms with Crippen LogP contribution in [-0.2, 0) is 4.79 Å². The van der Waals surface area contributed by atoms with E-state index in [1.54, 1.807) is 0 Å². The molecule has 11 nitrogen and oxygen atoms in total. The van der Waals surface area contributed by atoms with Gasteiger partial charge in [-0.3, -0.25) is 4.79 Å². The minimum Gasteiger partial charge on any atom is -0.480 e. The van der Waals surface area contributed by atoms with Crippen LogP contribution in [-0.4, -0.2) is 38.2 Å². The predicted octanol–water partition coefficient (Wildman–Crippen LogP) is -1.67. The zero-order chi connectivity index (χ0) is 11.4. The van der Waals surface area contributed by atoms with Crippen LogP contribution in [0.25, 0.3) is 0 Å². The lowest BCUT2D eigenvalue weighted by atomic mass is 10.7. The topological polar surface area (TPSA) is 190 Å². The molecular formula is C2H7N3O8. The fourth-order valence-corrected chi connectivity index (χ4v) is 0. The summed E-state index contributed by atoms with van der Waals surface area (Å²) in [5, 5.41) is 34.9. The minimum atomic E-state index is -1.50. The zero-order valence-electron chi connectivity index (χ0n) is 6.06. The van der Waals surface area contributed by atoms with Crippen LogP contribution in [0.4, 0.5) is 0 Å². The number of hydrogen-bond donors (Lipinski definition) is 4. The molecule has 11 heteroatoms. The summed E-state index contributed by atoms with van der Waals surface area (Å²) in [4.78, 5) is 26.0. The van der Waals surface area contributed by atoms with Crippen molar-refractivity contribution in [3.63, 3.8) is 0 Å². The van der Waals surface area contributed by atoms with Gasteiger partial charge in [-0.05, 0) is 0 Å². The standard InChI is InChI=1S/C2H5NO2.2HNO3/c3-1-2(4)5;2*2-1(3)4/h1,3H2,(H,4,5);2*(H,2,3,4). The quantitative estimate of drug-likeness (QED) is 0.283. The van der Waals surface area contributed by atoms with Gasteiger partial charge in [-0.2, -0.15) is 0 Å². The Morgan fingerprint density at radius 3 is 1.31 bits per heavy atom. The van der Waals surface area contributed by atoms with E-state index in [4.69, 9.17) is 35.7 Å². The van der Waals surface area contributed by atoms with E-state index in [9.17, 15) is 4.79 Å². The second kappa shape index (κ2) is 12.5. The number of rotatable bonds is 1. The van der Waals surface area contributed by atoms with Gasteiger partial charge in [0.25, 0.3) is 10.2 Å². The predicted molar refractivity (Wildman–Crippen MR) is 34.3 cm³/mol. The lowest BCUT2D eigenvalue weighted by Crippen LogP contribution is -2.10. The molecule has 13 heavy (non-hydrogen) atoms. The summed E-state index contributed by atoms with van der Waals surface area (Å²) in [6, 6.07) is 0. The van der Waals surface area contributed by atoms with E-state index in [1.165, 1.54) is 0 Å². The van der Waals surface area contributed by atoms with Crippen LogP contribution >= 0.6 is 0 Å². The van der Waals surface area contributed by atoms with Crippen molar-refractivity contribution in [2.45, 2.75) is 0 Å². The Morgan fingerprint density at radius 1 is 1.23 bits per heavy atom. The van der Waals surface area contributed by atoms with Gasteiger partial charge in [0, 0.05) is 0 Å². The maximum atomic E-state index is 9.24. The van der Waals surface area contributed by atoms with Crippen LogP contribution in [0.15, 0.2) is 0 Å². The summed E-state index contributed by atoms with van der Waals surface area (Å²) in [7, 11) is 0. The van der Waals surface area contributed by atoms with Crippen LogP contribution in [0.1, 0.15) is 0 Å². The summed E-state index contributed by atoms with van der Waals surface area (Å²) in [5.74, 6) is -0.968. The summed E-state index contributed by atoms with van der Waals surface area (Å²) >= 11 is 0. The number of carboxylic acid groups (broad SMARTS) is 1. The SMILES string of the molecule is NCC(=O)O.O=[N+]([O-])O.O=[N+]([O-])O. The largest absolute Gasteiger partial charge is 0.480 e. The maximum absolute atomic E-state index is 9.24. The van der Waals surface area contributed by atoms with Crippen molar-refractivity contribution >= 4 is 5.97 Å². The highest BCUT2D eigenvalue weighted by molar-refractivity contribution is 5.68. The molecule has 0 aromatic heterocycles. The molecule has 0 aliphatic rings. The summed E-state index contributed by atoms with van der Waals surface area (Å²) in [5.41, 5.74) is 4.57. The fraction of sp³-hybridized carbons (Fsp3) is 0.500. The summed E-state index contributed by atoms with van der Waals surface area (Å²) < 4.78 is 0. The molecule has 0 aliphatic carbocycles. The second-order valence-electron chi connectivity index (χ2n) is 1.07. The number of aliphatic carboxylic acids is 1.